The van der Waals surface area contributed by atoms with E-state index >= 15 is 0 Å². The van der Waals surface area contributed by atoms with Crippen molar-refractivity contribution in [1.29, 1.82) is 0 Å². The Morgan fingerprint density at radius 1 is 1.16 bits per heavy atom. The van der Waals surface area contributed by atoms with Crippen molar-refractivity contribution in [3.8, 4) is 0 Å². The fourth-order valence-corrected chi connectivity index (χ4v) is 3.94. The van der Waals surface area contributed by atoms with Crippen molar-refractivity contribution in [2.24, 2.45) is 5.73 Å². The Balaban J connectivity index is 1.64. The summed E-state index contributed by atoms with van der Waals surface area (Å²) in [6.45, 7) is 5.09. The molecule has 2 fully saturated rings. The van der Waals surface area contributed by atoms with Crippen LogP contribution in [0.1, 0.15) is 38.2 Å². The highest BCUT2D eigenvalue weighted by Crippen LogP contribution is 2.24. The summed E-state index contributed by atoms with van der Waals surface area (Å²) >= 11 is 0. The second-order valence-electron chi connectivity index (χ2n) is 7.20. The molecular weight excluding hydrogens is 316 g/mol. The monoisotopic (exact) mass is 344 g/mol. The van der Waals surface area contributed by atoms with Crippen LogP contribution in [0, 0.1) is 0 Å². The molecule has 6 nitrogen and oxygen atoms in total. The van der Waals surface area contributed by atoms with E-state index in [-0.39, 0.29) is 17.9 Å². The number of amides is 2. The largest absolute Gasteiger partial charge is 0.368 e. The van der Waals surface area contributed by atoms with Gasteiger partial charge in [-0.3, -0.25) is 19.4 Å². The molecule has 0 aliphatic carbocycles. The van der Waals surface area contributed by atoms with Gasteiger partial charge in [0.05, 0.1) is 12.6 Å². The molecule has 0 radical (unpaired) electrons. The number of hydrogen-bond donors (Lipinski definition) is 2. The molecule has 2 saturated heterocycles. The number of carbonyl (C=O) groups excluding carboxylic acids is 2. The first-order valence-electron chi connectivity index (χ1n) is 9.20. The third kappa shape index (κ3) is 4.38. The lowest BCUT2D eigenvalue weighted by Gasteiger charge is -2.24. The zero-order valence-corrected chi connectivity index (χ0v) is 14.9. The number of nitrogens with zero attached hydrogens (tertiary/aromatic N) is 2. The average molecular weight is 344 g/mol. The highest BCUT2D eigenvalue weighted by atomic mass is 16.2. The molecule has 3 rings (SSSR count). The lowest BCUT2D eigenvalue weighted by atomic mass is 10.1. The topological polar surface area (TPSA) is 78.7 Å². The fraction of sp³-hybridized carbons (Fsp3) is 0.579. The van der Waals surface area contributed by atoms with E-state index in [1.165, 1.54) is 0 Å². The molecule has 2 amide bonds. The summed E-state index contributed by atoms with van der Waals surface area (Å²) in [5.41, 5.74) is 7.36. The highest BCUT2D eigenvalue weighted by molar-refractivity contribution is 5.93. The van der Waals surface area contributed by atoms with E-state index in [0.29, 0.717) is 19.1 Å². The zero-order chi connectivity index (χ0) is 17.8. The summed E-state index contributed by atoms with van der Waals surface area (Å²) in [6, 6.07) is 8.09. The van der Waals surface area contributed by atoms with Crippen LogP contribution in [0.4, 0.5) is 5.69 Å². The van der Waals surface area contributed by atoms with Crippen LogP contribution >= 0.6 is 0 Å². The summed E-state index contributed by atoms with van der Waals surface area (Å²) in [5, 5.41) is 3.05. The molecule has 1 aromatic rings. The summed E-state index contributed by atoms with van der Waals surface area (Å²) < 4.78 is 0. The quantitative estimate of drug-likeness (QED) is 0.821. The summed E-state index contributed by atoms with van der Waals surface area (Å²) in [7, 11) is 0. The van der Waals surface area contributed by atoms with Crippen LogP contribution in [0.25, 0.3) is 0 Å². The Kier molecular flexibility index (Phi) is 5.71. The van der Waals surface area contributed by atoms with Crippen LogP contribution in [0.5, 0.6) is 0 Å². The van der Waals surface area contributed by atoms with Crippen molar-refractivity contribution >= 4 is 17.5 Å². The van der Waals surface area contributed by atoms with Crippen molar-refractivity contribution in [3.63, 3.8) is 0 Å². The highest BCUT2D eigenvalue weighted by Gasteiger charge is 2.29. The predicted octanol–water partition coefficient (Wildman–Crippen LogP) is 1.56. The van der Waals surface area contributed by atoms with E-state index in [0.717, 1.165) is 50.0 Å². The Hall–Kier alpha value is -1.92. The number of nitrogens with two attached hydrogens (primary N) is 1. The van der Waals surface area contributed by atoms with Crippen LogP contribution in [0.15, 0.2) is 24.3 Å². The number of likely N-dealkylation sites (tertiary alicyclic amines) is 2. The minimum Gasteiger partial charge on any atom is -0.368 e. The summed E-state index contributed by atoms with van der Waals surface area (Å²) in [6.07, 6.45) is 4.12. The van der Waals surface area contributed by atoms with Crippen LogP contribution in [0.2, 0.25) is 0 Å². The van der Waals surface area contributed by atoms with Gasteiger partial charge in [-0.15, -0.1) is 0 Å². The molecule has 25 heavy (non-hydrogen) atoms. The summed E-state index contributed by atoms with van der Waals surface area (Å²) in [5.74, 6) is -0.240. The number of primary amides is 1. The van der Waals surface area contributed by atoms with E-state index in [1.54, 1.807) is 0 Å². The maximum Gasteiger partial charge on any atom is 0.238 e. The standard InChI is InChI=1S/C19H28N4O2/c1-14-6-4-10-22(14)13-18(24)21-16-8-3-2-7-15(16)12-23-11-5-9-17(23)19(20)25/h2-3,7-8,14,17H,4-6,9-13H2,1H3,(H2,20,25)(H,21,24)/t14-,17-/m1/s1. The molecule has 0 bridgehead atoms. The number of carbonyl (C=O) groups is 2. The first-order valence-corrected chi connectivity index (χ1v) is 9.20. The number of hydrogen-bond acceptors (Lipinski definition) is 4. The Labute approximate surface area is 149 Å². The molecule has 2 aliphatic rings. The second-order valence-corrected chi connectivity index (χ2v) is 7.20. The van der Waals surface area contributed by atoms with Gasteiger partial charge in [0.15, 0.2) is 0 Å². The molecule has 0 spiro atoms. The molecule has 3 N–H and O–H groups in total. The van der Waals surface area contributed by atoms with Gasteiger partial charge in [-0.2, -0.15) is 0 Å². The number of rotatable bonds is 6. The van der Waals surface area contributed by atoms with Gasteiger partial charge in [-0.05, 0) is 57.3 Å². The Bertz CT molecular complexity index is 634. The first-order chi connectivity index (χ1) is 12.0. The number of benzene rings is 1. The lowest BCUT2D eigenvalue weighted by Crippen LogP contribution is -2.40. The van der Waals surface area contributed by atoms with Crippen molar-refractivity contribution < 1.29 is 9.59 Å². The van der Waals surface area contributed by atoms with Gasteiger partial charge in [-0.1, -0.05) is 18.2 Å². The van der Waals surface area contributed by atoms with Gasteiger partial charge in [0.25, 0.3) is 0 Å². The lowest BCUT2D eigenvalue weighted by molar-refractivity contribution is -0.122. The van der Waals surface area contributed by atoms with Crippen LogP contribution in [-0.4, -0.2) is 53.3 Å². The van der Waals surface area contributed by atoms with Crippen molar-refractivity contribution in [1.82, 2.24) is 9.80 Å². The predicted molar refractivity (Wildman–Crippen MR) is 98.0 cm³/mol. The van der Waals surface area contributed by atoms with Gasteiger partial charge < -0.3 is 11.1 Å². The number of para-hydroxylation sites is 1. The van der Waals surface area contributed by atoms with Gasteiger partial charge in [0.1, 0.15) is 0 Å². The van der Waals surface area contributed by atoms with Gasteiger partial charge in [0.2, 0.25) is 11.8 Å². The molecule has 136 valence electrons. The van der Waals surface area contributed by atoms with E-state index in [9.17, 15) is 9.59 Å². The van der Waals surface area contributed by atoms with Gasteiger partial charge in [-0.25, -0.2) is 0 Å². The first kappa shape index (κ1) is 17.9. The Morgan fingerprint density at radius 3 is 2.60 bits per heavy atom. The third-order valence-corrected chi connectivity index (χ3v) is 5.39. The molecule has 0 saturated carbocycles. The maximum absolute atomic E-state index is 12.4. The van der Waals surface area contributed by atoms with E-state index in [1.807, 2.05) is 24.3 Å². The SMILES string of the molecule is C[C@@H]1CCCN1CC(=O)Nc1ccccc1CN1CCC[C@@H]1C(N)=O. The van der Waals surface area contributed by atoms with E-state index in [2.05, 4.69) is 22.0 Å². The van der Waals surface area contributed by atoms with Crippen molar-refractivity contribution in [2.45, 2.75) is 51.2 Å². The number of anilines is 1. The molecule has 1 aromatic carbocycles. The van der Waals surface area contributed by atoms with Gasteiger partial charge >= 0.3 is 0 Å². The van der Waals surface area contributed by atoms with Crippen LogP contribution < -0.4 is 11.1 Å². The molecule has 0 unspecified atom stereocenters. The second kappa shape index (κ2) is 7.97. The third-order valence-electron chi connectivity index (χ3n) is 5.39. The molecule has 0 aromatic heterocycles. The van der Waals surface area contributed by atoms with Gasteiger partial charge in [0, 0.05) is 18.3 Å². The minimum absolute atomic E-state index is 0.0223. The molecule has 2 atom stereocenters. The minimum atomic E-state index is -0.262. The smallest absolute Gasteiger partial charge is 0.238 e. The van der Waals surface area contributed by atoms with E-state index in [4.69, 9.17) is 5.73 Å². The van der Waals surface area contributed by atoms with Crippen molar-refractivity contribution in [3.05, 3.63) is 29.8 Å². The fourth-order valence-electron chi connectivity index (χ4n) is 3.94. The molecule has 2 aliphatic heterocycles. The van der Waals surface area contributed by atoms with Crippen LogP contribution in [0.3, 0.4) is 0 Å². The zero-order valence-electron chi connectivity index (χ0n) is 14.9. The Morgan fingerprint density at radius 2 is 1.88 bits per heavy atom. The normalized spacial score (nSPS) is 24.5. The summed E-state index contributed by atoms with van der Waals surface area (Å²) in [4.78, 5) is 28.4. The van der Waals surface area contributed by atoms with Crippen molar-refractivity contribution in [2.75, 3.05) is 25.0 Å². The van der Waals surface area contributed by atoms with Crippen LogP contribution in [-0.2, 0) is 16.1 Å². The molecular formula is C19H28N4O2. The molecule has 2 heterocycles. The average Bonchev–Trinajstić information content (AvgIpc) is 3.19. The maximum atomic E-state index is 12.4. The van der Waals surface area contributed by atoms with E-state index < -0.39 is 0 Å². The molecule has 6 heteroatoms. The number of nitrogens with one attached hydrogen (secondary N) is 1.